The molecule has 1 heterocycles. The van der Waals surface area contributed by atoms with Crippen LogP contribution < -0.4 is 0 Å². The molecular weight excluding hydrogens is 274 g/mol. The van der Waals surface area contributed by atoms with Gasteiger partial charge in [0.2, 0.25) is 0 Å². The second-order valence-corrected chi connectivity index (χ2v) is 6.34. The molecule has 0 saturated carbocycles. The largest absolute Gasteiger partial charge is 0.593 e. The van der Waals surface area contributed by atoms with Gasteiger partial charge in [0.25, 0.3) is 0 Å². The van der Waals surface area contributed by atoms with Crippen LogP contribution in [0.25, 0.3) is 0 Å². The number of nitrogens with zero attached hydrogens (tertiary/aromatic N) is 1. The summed E-state index contributed by atoms with van der Waals surface area (Å²) in [5, 5.41) is 0. The van der Waals surface area contributed by atoms with Gasteiger partial charge in [0.15, 0.2) is 0 Å². The quantitative estimate of drug-likeness (QED) is 0.626. The SMILES string of the molecule is CCOC(=O)[C@]12C=CN([S@+](C)[O-])[C@H]1Cc1ccccc12. The zero-order valence-electron chi connectivity index (χ0n) is 11.5. The number of benzene rings is 1. The van der Waals surface area contributed by atoms with Gasteiger partial charge in [0, 0.05) is 6.20 Å². The molecule has 20 heavy (non-hydrogen) atoms. The van der Waals surface area contributed by atoms with Crippen LogP contribution in [0.2, 0.25) is 0 Å². The molecule has 0 N–H and O–H groups in total. The van der Waals surface area contributed by atoms with E-state index in [1.54, 1.807) is 23.7 Å². The number of hydrogen-bond donors (Lipinski definition) is 0. The van der Waals surface area contributed by atoms with Crippen LogP contribution in [0.1, 0.15) is 18.1 Å². The van der Waals surface area contributed by atoms with Crippen molar-refractivity contribution in [3.8, 4) is 0 Å². The average molecular weight is 291 g/mol. The lowest BCUT2D eigenvalue weighted by Gasteiger charge is -2.30. The minimum Gasteiger partial charge on any atom is -0.593 e. The van der Waals surface area contributed by atoms with Crippen LogP contribution in [0, 0.1) is 0 Å². The smallest absolute Gasteiger partial charge is 0.322 e. The maximum Gasteiger partial charge on any atom is 0.322 e. The van der Waals surface area contributed by atoms with Gasteiger partial charge in [-0.25, -0.2) is 0 Å². The zero-order valence-corrected chi connectivity index (χ0v) is 12.4. The summed E-state index contributed by atoms with van der Waals surface area (Å²) in [7, 11) is 0. The maximum atomic E-state index is 12.6. The lowest BCUT2D eigenvalue weighted by atomic mass is 9.80. The molecule has 1 aliphatic carbocycles. The molecule has 1 aliphatic heterocycles. The van der Waals surface area contributed by atoms with Crippen molar-refractivity contribution in [2.24, 2.45) is 0 Å². The number of ether oxygens (including phenoxy) is 1. The van der Waals surface area contributed by atoms with Crippen molar-refractivity contribution in [3.63, 3.8) is 0 Å². The Morgan fingerprint density at radius 3 is 3.00 bits per heavy atom. The summed E-state index contributed by atoms with van der Waals surface area (Å²) in [6.07, 6.45) is 5.96. The predicted octanol–water partition coefficient (Wildman–Crippen LogP) is 1.53. The van der Waals surface area contributed by atoms with Gasteiger partial charge in [-0.3, -0.25) is 4.79 Å². The van der Waals surface area contributed by atoms with Crippen molar-refractivity contribution < 1.29 is 14.1 Å². The van der Waals surface area contributed by atoms with E-state index in [9.17, 15) is 9.35 Å². The van der Waals surface area contributed by atoms with Crippen molar-refractivity contribution >= 4 is 17.3 Å². The van der Waals surface area contributed by atoms with E-state index in [2.05, 4.69) is 0 Å². The van der Waals surface area contributed by atoms with E-state index in [0.29, 0.717) is 13.0 Å². The Bertz CT molecular complexity index is 572. The highest BCUT2D eigenvalue weighted by Gasteiger charge is 2.59. The van der Waals surface area contributed by atoms with Crippen molar-refractivity contribution in [3.05, 3.63) is 47.7 Å². The molecule has 0 saturated heterocycles. The van der Waals surface area contributed by atoms with Crippen molar-refractivity contribution in [2.75, 3.05) is 12.9 Å². The predicted molar refractivity (Wildman–Crippen MR) is 77.3 cm³/mol. The van der Waals surface area contributed by atoms with Gasteiger partial charge >= 0.3 is 5.97 Å². The van der Waals surface area contributed by atoms with E-state index in [4.69, 9.17) is 4.74 Å². The molecule has 0 amide bonds. The fourth-order valence-corrected chi connectivity index (χ4v) is 4.10. The van der Waals surface area contributed by atoms with E-state index in [0.717, 1.165) is 11.1 Å². The second kappa shape index (κ2) is 4.82. The van der Waals surface area contributed by atoms with Crippen LogP contribution in [-0.2, 0) is 32.7 Å². The number of hydrogen-bond acceptors (Lipinski definition) is 4. The maximum absolute atomic E-state index is 12.6. The summed E-state index contributed by atoms with van der Waals surface area (Å²) < 4.78 is 19.0. The molecule has 3 rings (SSSR count). The summed E-state index contributed by atoms with van der Waals surface area (Å²) in [6, 6.07) is 7.75. The van der Waals surface area contributed by atoms with Gasteiger partial charge in [-0.1, -0.05) is 24.3 Å². The van der Waals surface area contributed by atoms with E-state index in [1.807, 2.05) is 30.3 Å². The first-order chi connectivity index (χ1) is 9.61. The molecule has 0 aromatic heterocycles. The molecule has 2 aliphatic rings. The summed E-state index contributed by atoms with van der Waals surface area (Å²) in [5.41, 5.74) is 1.30. The summed E-state index contributed by atoms with van der Waals surface area (Å²) in [5.74, 6) is -0.251. The first-order valence-electron chi connectivity index (χ1n) is 6.68. The van der Waals surface area contributed by atoms with Gasteiger partial charge in [-0.05, 0) is 30.5 Å². The highest BCUT2D eigenvalue weighted by Crippen LogP contribution is 2.48. The summed E-state index contributed by atoms with van der Waals surface area (Å²) in [4.78, 5) is 12.6. The van der Waals surface area contributed by atoms with Crippen LogP contribution >= 0.6 is 0 Å². The molecular formula is C15H17NO3S. The number of rotatable bonds is 3. The number of fused-ring (bicyclic) bond motifs is 3. The lowest BCUT2D eigenvalue weighted by molar-refractivity contribution is -0.148. The van der Waals surface area contributed by atoms with Crippen LogP contribution in [0.4, 0.5) is 0 Å². The van der Waals surface area contributed by atoms with Crippen LogP contribution in [0.3, 0.4) is 0 Å². The first-order valence-corrected chi connectivity index (χ1v) is 8.19. The molecule has 5 heteroatoms. The Morgan fingerprint density at radius 1 is 1.55 bits per heavy atom. The van der Waals surface area contributed by atoms with Crippen molar-refractivity contribution in [1.82, 2.24) is 4.31 Å². The van der Waals surface area contributed by atoms with E-state index in [1.165, 1.54) is 0 Å². The Kier molecular flexibility index (Phi) is 3.26. The molecule has 0 spiro atoms. The molecule has 106 valence electrons. The standard InChI is InChI=1S/C15H17NO3S/c1-3-19-14(17)15-8-9-16(20(2)18)13(15)10-11-6-4-5-7-12(11)15/h4-9,13H,3,10H2,1-2H3/t13-,15-,20-/m0/s1. The molecule has 0 bridgehead atoms. The van der Waals surface area contributed by atoms with E-state index < -0.39 is 16.8 Å². The average Bonchev–Trinajstić information content (AvgIpc) is 2.93. The molecule has 0 radical (unpaired) electrons. The highest BCUT2D eigenvalue weighted by molar-refractivity contribution is 7.88. The molecule has 1 aromatic rings. The second-order valence-electron chi connectivity index (χ2n) is 5.07. The molecule has 3 atom stereocenters. The lowest BCUT2D eigenvalue weighted by Crippen LogP contribution is -2.48. The highest BCUT2D eigenvalue weighted by atomic mass is 32.2. The normalized spacial score (nSPS) is 28.1. The zero-order chi connectivity index (χ0) is 14.3. The van der Waals surface area contributed by atoms with Gasteiger partial charge in [-0.15, -0.1) is 0 Å². The van der Waals surface area contributed by atoms with Gasteiger partial charge in [0.05, 0.1) is 18.0 Å². The Labute approximate surface area is 121 Å². The van der Waals surface area contributed by atoms with Gasteiger partial charge in [0.1, 0.15) is 17.7 Å². The number of esters is 1. The van der Waals surface area contributed by atoms with E-state index >= 15 is 0 Å². The number of carbonyl (C=O) groups is 1. The third-order valence-corrected chi connectivity index (χ3v) is 5.07. The Hall–Kier alpha value is -1.46. The first kappa shape index (κ1) is 13.5. The van der Waals surface area contributed by atoms with Crippen molar-refractivity contribution in [1.29, 1.82) is 0 Å². The third kappa shape index (κ3) is 1.70. The fraction of sp³-hybridized carbons (Fsp3) is 0.400. The fourth-order valence-electron chi connectivity index (χ4n) is 3.27. The summed E-state index contributed by atoms with van der Waals surface area (Å²) >= 11 is -1.15. The summed E-state index contributed by atoms with van der Waals surface area (Å²) in [6.45, 7) is 2.15. The van der Waals surface area contributed by atoms with Crippen LogP contribution in [-0.4, -0.2) is 33.7 Å². The van der Waals surface area contributed by atoms with Crippen molar-refractivity contribution in [2.45, 2.75) is 24.8 Å². The molecule has 0 unspecified atom stereocenters. The minimum atomic E-state index is -1.15. The Balaban J connectivity index is 2.11. The molecule has 4 nitrogen and oxygen atoms in total. The van der Waals surface area contributed by atoms with Gasteiger partial charge < -0.3 is 9.29 Å². The molecule has 1 aromatic carbocycles. The Morgan fingerprint density at radius 2 is 2.30 bits per heavy atom. The van der Waals surface area contributed by atoms with Crippen LogP contribution in [0.5, 0.6) is 0 Å². The third-order valence-electron chi connectivity index (χ3n) is 4.10. The van der Waals surface area contributed by atoms with E-state index in [-0.39, 0.29) is 12.0 Å². The van der Waals surface area contributed by atoms with Crippen LogP contribution in [0.15, 0.2) is 36.5 Å². The monoisotopic (exact) mass is 291 g/mol. The minimum absolute atomic E-state index is 0.148. The number of carbonyl (C=O) groups excluding carboxylic acids is 1. The molecule has 0 fully saturated rings. The topological polar surface area (TPSA) is 52.6 Å². The van der Waals surface area contributed by atoms with Gasteiger partial charge in [-0.2, -0.15) is 4.31 Å².